The fourth-order valence-electron chi connectivity index (χ4n) is 4.23. The molecule has 0 aliphatic heterocycles. The number of rotatable bonds is 14. The van der Waals surface area contributed by atoms with Gasteiger partial charge in [0.05, 0.1) is 0 Å². The number of aromatic nitrogens is 4. The first-order valence-electron chi connectivity index (χ1n) is 13.4. The molecule has 0 bridgehead atoms. The Morgan fingerprint density at radius 1 is 0.923 bits per heavy atom. The van der Waals surface area contributed by atoms with Gasteiger partial charge in [0.25, 0.3) is 5.56 Å². The maximum atomic E-state index is 12.8. The molecular formula is C31H35N5O2S. The molecule has 0 aliphatic rings. The summed E-state index contributed by atoms with van der Waals surface area (Å²) in [5, 5.41) is 3.68. The summed E-state index contributed by atoms with van der Waals surface area (Å²) in [6, 6.07) is 18.8. The van der Waals surface area contributed by atoms with Gasteiger partial charge < -0.3 is 9.88 Å². The van der Waals surface area contributed by atoms with Gasteiger partial charge in [0.2, 0.25) is 5.91 Å². The van der Waals surface area contributed by atoms with Crippen LogP contribution in [0.3, 0.4) is 0 Å². The number of amides is 1. The van der Waals surface area contributed by atoms with E-state index in [4.69, 9.17) is 0 Å². The Morgan fingerprint density at radius 3 is 2.46 bits per heavy atom. The van der Waals surface area contributed by atoms with Crippen LogP contribution in [0.1, 0.15) is 53.5 Å². The Labute approximate surface area is 234 Å². The van der Waals surface area contributed by atoms with Crippen LogP contribution in [0.15, 0.2) is 89.5 Å². The highest BCUT2D eigenvalue weighted by molar-refractivity contribution is 7.98. The second kappa shape index (κ2) is 15.0. The van der Waals surface area contributed by atoms with Crippen molar-refractivity contribution < 1.29 is 4.79 Å². The topological polar surface area (TPSA) is 89.8 Å². The third-order valence-corrected chi connectivity index (χ3v) is 7.48. The standard InChI is InChI=1S/C31H35N5O2S/c1-24-12-14-26(15-13-24)22-39-31-35-30(38)28(18-27-19-32-23-33-20-27)21-36(31)17-16-34-29(37)11-7-3-6-10-25-8-4-2-5-9-25/h2,4-5,8-9,12-15,19-21,23H,3,6-7,10-11,16-18,22H2,1H3,(H,34,37). The molecule has 0 unspecified atom stereocenters. The number of hydrogen-bond donors (Lipinski definition) is 1. The normalized spacial score (nSPS) is 10.9. The van der Waals surface area contributed by atoms with E-state index >= 15 is 0 Å². The van der Waals surface area contributed by atoms with Gasteiger partial charge in [-0.15, -0.1) is 0 Å². The van der Waals surface area contributed by atoms with E-state index in [0.29, 0.717) is 42.4 Å². The molecule has 0 aliphatic carbocycles. The second-order valence-corrected chi connectivity index (χ2v) is 10.6. The van der Waals surface area contributed by atoms with Crippen molar-refractivity contribution in [3.63, 3.8) is 0 Å². The van der Waals surface area contributed by atoms with E-state index < -0.39 is 0 Å². The molecule has 0 atom stereocenters. The first-order chi connectivity index (χ1) is 19.1. The van der Waals surface area contributed by atoms with E-state index in [9.17, 15) is 9.59 Å². The van der Waals surface area contributed by atoms with Crippen LogP contribution < -0.4 is 10.9 Å². The monoisotopic (exact) mass is 541 g/mol. The predicted octanol–water partition coefficient (Wildman–Crippen LogP) is 5.14. The van der Waals surface area contributed by atoms with Gasteiger partial charge in [-0.05, 0) is 42.9 Å². The predicted molar refractivity (Wildman–Crippen MR) is 156 cm³/mol. The Bertz CT molecular complexity index is 1380. The summed E-state index contributed by atoms with van der Waals surface area (Å²) >= 11 is 1.53. The lowest BCUT2D eigenvalue weighted by Crippen LogP contribution is -2.28. The van der Waals surface area contributed by atoms with E-state index in [1.165, 1.54) is 29.2 Å². The van der Waals surface area contributed by atoms with Gasteiger partial charge in [-0.1, -0.05) is 78.3 Å². The molecule has 7 nitrogen and oxygen atoms in total. The maximum absolute atomic E-state index is 12.8. The molecule has 8 heteroatoms. The molecule has 39 heavy (non-hydrogen) atoms. The summed E-state index contributed by atoms with van der Waals surface area (Å²) in [6.45, 7) is 3.06. The second-order valence-electron chi connectivity index (χ2n) is 9.64. The van der Waals surface area contributed by atoms with E-state index in [2.05, 4.69) is 75.7 Å². The molecule has 2 heterocycles. The van der Waals surface area contributed by atoms with E-state index in [1.807, 2.05) is 16.8 Å². The highest BCUT2D eigenvalue weighted by Gasteiger charge is 2.12. The maximum Gasteiger partial charge on any atom is 0.277 e. The summed E-state index contributed by atoms with van der Waals surface area (Å²) in [4.78, 5) is 37.8. The van der Waals surface area contributed by atoms with Gasteiger partial charge in [0.15, 0.2) is 5.16 Å². The third kappa shape index (κ3) is 9.48. The zero-order chi connectivity index (χ0) is 27.3. The number of hydrogen-bond acceptors (Lipinski definition) is 6. The zero-order valence-corrected chi connectivity index (χ0v) is 23.2. The highest BCUT2D eigenvalue weighted by Crippen LogP contribution is 2.21. The molecule has 1 N–H and O–H groups in total. The molecule has 202 valence electrons. The number of nitrogens with one attached hydrogen (secondary N) is 1. The van der Waals surface area contributed by atoms with E-state index in [0.717, 1.165) is 36.8 Å². The number of aryl methyl sites for hydroxylation is 2. The van der Waals surface area contributed by atoms with Crippen LogP contribution in [-0.2, 0) is 29.9 Å². The smallest absolute Gasteiger partial charge is 0.277 e. The average Bonchev–Trinajstić information content (AvgIpc) is 2.95. The van der Waals surface area contributed by atoms with Crippen LogP contribution in [0, 0.1) is 6.92 Å². The van der Waals surface area contributed by atoms with Crippen LogP contribution in [0.5, 0.6) is 0 Å². The van der Waals surface area contributed by atoms with Gasteiger partial charge in [0.1, 0.15) is 6.33 Å². The molecule has 0 fully saturated rings. The van der Waals surface area contributed by atoms with Crippen LogP contribution in [0.2, 0.25) is 0 Å². The molecule has 0 radical (unpaired) electrons. The van der Waals surface area contributed by atoms with Crippen molar-refractivity contribution in [2.75, 3.05) is 6.54 Å². The van der Waals surface area contributed by atoms with Crippen molar-refractivity contribution in [3.8, 4) is 0 Å². The number of benzene rings is 2. The Balaban J connectivity index is 1.32. The first kappa shape index (κ1) is 28.2. The largest absolute Gasteiger partial charge is 0.354 e. The lowest BCUT2D eigenvalue weighted by atomic mass is 10.1. The van der Waals surface area contributed by atoms with Crippen molar-refractivity contribution in [1.29, 1.82) is 0 Å². The Hall–Kier alpha value is -3.78. The number of carbonyl (C=O) groups is 1. The van der Waals surface area contributed by atoms with Crippen LogP contribution >= 0.6 is 11.8 Å². The molecule has 0 saturated carbocycles. The zero-order valence-electron chi connectivity index (χ0n) is 22.4. The molecule has 4 aromatic rings. The van der Waals surface area contributed by atoms with Crippen molar-refractivity contribution in [2.45, 2.75) is 62.9 Å². The van der Waals surface area contributed by atoms with Crippen LogP contribution in [-0.4, -0.2) is 32.0 Å². The lowest BCUT2D eigenvalue weighted by molar-refractivity contribution is -0.121. The molecule has 2 aromatic heterocycles. The SMILES string of the molecule is Cc1ccc(CSc2nc(=O)c(Cc3cncnc3)cn2CCNC(=O)CCCCCc2ccccc2)cc1. The summed E-state index contributed by atoms with van der Waals surface area (Å²) in [6.07, 6.45) is 11.7. The molecule has 1 amide bonds. The molecule has 0 saturated heterocycles. The fraction of sp³-hybridized carbons (Fsp3) is 0.323. The molecule has 2 aromatic carbocycles. The fourth-order valence-corrected chi connectivity index (χ4v) is 5.18. The number of nitrogens with zero attached hydrogens (tertiary/aromatic N) is 4. The van der Waals surface area contributed by atoms with Crippen LogP contribution in [0.25, 0.3) is 0 Å². The molecule has 0 spiro atoms. The lowest BCUT2D eigenvalue weighted by Gasteiger charge is -2.14. The van der Waals surface area contributed by atoms with Gasteiger partial charge in [-0.25, -0.2) is 9.97 Å². The Morgan fingerprint density at radius 2 is 1.69 bits per heavy atom. The van der Waals surface area contributed by atoms with Crippen molar-refractivity contribution in [2.24, 2.45) is 0 Å². The van der Waals surface area contributed by atoms with Crippen molar-refractivity contribution in [1.82, 2.24) is 24.8 Å². The minimum absolute atomic E-state index is 0.0548. The molecule has 4 rings (SSSR count). The van der Waals surface area contributed by atoms with Crippen molar-refractivity contribution in [3.05, 3.63) is 118 Å². The number of unbranched alkanes of at least 4 members (excludes halogenated alkanes) is 2. The Kier molecular flexibility index (Phi) is 10.8. The van der Waals surface area contributed by atoms with E-state index in [-0.39, 0.29) is 11.5 Å². The van der Waals surface area contributed by atoms with Gasteiger partial charge in [-0.3, -0.25) is 9.59 Å². The summed E-state index contributed by atoms with van der Waals surface area (Å²) in [7, 11) is 0. The summed E-state index contributed by atoms with van der Waals surface area (Å²) in [5.74, 6) is 0.757. The third-order valence-electron chi connectivity index (χ3n) is 6.41. The molecular weight excluding hydrogens is 506 g/mol. The van der Waals surface area contributed by atoms with Crippen LogP contribution in [0.4, 0.5) is 0 Å². The number of carbonyl (C=O) groups excluding carboxylic acids is 1. The van der Waals surface area contributed by atoms with Gasteiger partial charge in [0, 0.05) is 55.8 Å². The average molecular weight is 542 g/mol. The number of thioether (sulfide) groups is 1. The van der Waals surface area contributed by atoms with Crippen molar-refractivity contribution >= 4 is 17.7 Å². The minimum atomic E-state index is -0.249. The quantitative estimate of drug-likeness (QED) is 0.135. The first-order valence-corrected chi connectivity index (χ1v) is 14.4. The van der Waals surface area contributed by atoms with Gasteiger partial charge in [-0.2, -0.15) is 4.98 Å². The van der Waals surface area contributed by atoms with Gasteiger partial charge >= 0.3 is 0 Å². The summed E-state index contributed by atoms with van der Waals surface area (Å²) < 4.78 is 1.97. The highest BCUT2D eigenvalue weighted by atomic mass is 32.2. The summed E-state index contributed by atoms with van der Waals surface area (Å²) in [5.41, 5.74) is 4.89. The minimum Gasteiger partial charge on any atom is -0.354 e. The van der Waals surface area contributed by atoms with E-state index in [1.54, 1.807) is 12.4 Å².